The van der Waals surface area contributed by atoms with Crippen LogP contribution in [0.25, 0.3) is 11.1 Å². The van der Waals surface area contributed by atoms with Gasteiger partial charge in [-0.15, -0.1) is 0 Å². The number of aliphatic carboxylic acids is 1. The second-order valence-electron chi connectivity index (χ2n) is 8.68. The minimum atomic E-state index is -0.979. The zero-order chi connectivity index (χ0) is 26.7. The Kier molecular flexibility index (Phi) is 8.91. The Morgan fingerprint density at radius 3 is 1.97 bits per heavy atom. The number of carboxylic acid groups (broad SMARTS) is 1. The lowest BCUT2D eigenvalue weighted by molar-refractivity contribution is -0.137. The maximum atomic E-state index is 13.8. The first-order valence-corrected chi connectivity index (χ1v) is 12.3. The molecule has 0 unspecified atom stereocenters. The standard InChI is InChI=1S/C30H28N4O4/c35-28(36)14-18-34(17-13-22-7-5-15-31-19-22)30(38)27-12-4-2-10-25(27)24-9-1-3-11-26(24)29(37)33-21-23-8-6-16-32-20-23/h1-12,15-16,19-20H,13-14,17-18,21H2,(H,33,37)(H,35,36). The summed E-state index contributed by atoms with van der Waals surface area (Å²) >= 11 is 0. The van der Waals surface area contributed by atoms with Gasteiger partial charge in [-0.25, -0.2) is 0 Å². The van der Waals surface area contributed by atoms with Gasteiger partial charge in [0, 0.05) is 55.5 Å². The fourth-order valence-electron chi connectivity index (χ4n) is 4.13. The monoisotopic (exact) mass is 508 g/mol. The summed E-state index contributed by atoms with van der Waals surface area (Å²) in [5.74, 6) is -1.55. The first-order valence-electron chi connectivity index (χ1n) is 12.3. The summed E-state index contributed by atoms with van der Waals surface area (Å²) in [4.78, 5) is 48.0. The van der Waals surface area contributed by atoms with Gasteiger partial charge < -0.3 is 15.3 Å². The number of hydrogen-bond acceptors (Lipinski definition) is 5. The van der Waals surface area contributed by atoms with Crippen molar-refractivity contribution in [3.05, 3.63) is 120 Å². The molecule has 0 aliphatic rings. The number of amides is 2. The van der Waals surface area contributed by atoms with Crippen molar-refractivity contribution in [3.63, 3.8) is 0 Å². The number of pyridine rings is 2. The summed E-state index contributed by atoms with van der Waals surface area (Å²) < 4.78 is 0. The zero-order valence-electron chi connectivity index (χ0n) is 20.8. The minimum absolute atomic E-state index is 0.0655. The maximum Gasteiger partial charge on any atom is 0.305 e. The molecule has 2 heterocycles. The van der Waals surface area contributed by atoms with Gasteiger partial charge in [0.05, 0.1) is 6.42 Å². The molecule has 192 valence electrons. The molecule has 0 saturated carbocycles. The molecule has 2 N–H and O–H groups in total. The van der Waals surface area contributed by atoms with Gasteiger partial charge in [-0.3, -0.25) is 24.4 Å². The van der Waals surface area contributed by atoms with E-state index in [1.54, 1.807) is 60.0 Å². The van der Waals surface area contributed by atoms with Gasteiger partial charge in [0.15, 0.2) is 0 Å². The minimum Gasteiger partial charge on any atom is -0.481 e. The number of carbonyl (C=O) groups is 3. The van der Waals surface area contributed by atoms with E-state index in [-0.39, 0.29) is 24.8 Å². The number of nitrogens with one attached hydrogen (secondary N) is 1. The smallest absolute Gasteiger partial charge is 0.305 e. The number of hydrogen-bond donors (Lipinski definition) is 2. The number of carboxylic acids is 1. The van der Waals surface area contributed by atoms with Gasteiger partial charge in [-0.1, -0.05) is 48.5 Å². The Balaban J connectivity index is 1.61. The maximum absolute atomic E-state index is 13.8. The molecule has 0 radical (unpaired) electrons. The molecule has 0 aliphatic heterocycles. The Bertz CT molecular complexity index is 1390. The fourth-order valence-corrected chi connectivity index (χ4v) is 4.13. The molecular weight excluding hydrogens is 480 g/mol. The predicted molar refractivity (Wildman–Crippen MR) is 143 cm³/mol. The van der Waals surface area contributed by atoms with Crippen LogP contribution in [0.4, 0.5) is 0 Å². The molecule has 4 rings (SSSR count). The van der Waals surface area contributed by atoms with E-state index >= 15 is 0 Å². The van der Waals surface area contributed by atoms with Crippen LogP contribution >= 0.6 is 0 Å². The number of aromatic nitrogens is 2. The normalized spacial score (nSPS) is 10.5. The molecule has 0 spiro atoms. The van der Waals surface area contributed by atoms with E-state index in [9.17, 15) is 19.5 Å². The first-order chi connectivity index (χ1) is 18.5. The molecule has 8 heteroatoms. The Labute approximate surface area is 221 Å². The van der Waals surface area contributed by atoms with Crippen LogP contribution in [0.2, 0.25) is 0 Å². The number of nitrogens with zero attached hydrogens (tertiary/aromatic N) is 3. The lowest BCUT2D eigenvalue weighted by atomic mass is 9.94. The topological polar surface area (TPSA) is 112 Å². The molecule has 0 aliphatic carbocycles. The highest BCUT2D eigenvalue weighted by Crippen LogP contribution is 2.28. The lowest BCUT2D eigenvalue weighted by Crippen LogP contribution is -2.35. The largest absolute Gasteiger partial charge is 0.481 e. The average Bonchev–Trinajstić information content (AvgIpc) is 2.96. The third-order valence-corrected chi connectivity index (χ3v) is 6.07. The molecule has 0 fully saturated rings. The van der Waals surface area contributed by atoms with E-state index in [1.165, 1.54) is 0 Å². The molecular formula is C30H28N4O4. The van der Waals surface area contributed by atoms with Crippen LogP contribution in [-0.4, -0.2) is 50.8 Å². The van der Waals surface area contributed by atoms with Crippen molar-refractivity contribution in [1.82, 2.24) is 20.2 Å². The van der Waals surface area contributed by atoms with Crippen molar-refractivity contribution in [2.24, 2.45) is 0 Å². The molecule has 4 aromatic rings. The van der Waals surface area contributed by atoms with Crippen LogP contribution in [0.3, 0.4) is 0 Å². The third-order valence-electron chi connectivity index (χ3n) is 6.07. The van der Waals surface area contributed by atoms with Crippen molar-refractivity contribution in [1.29, 1.82) is 0 Å². The van der Waals surface area contributed by atoms with Crippen molar-refractivity contribution in [2.75, 3.05) is 13.1 Å². The van der Waals surface area contributed by atoms with Gasteiger partial charge in [0.25, 0.3) is 11.8 Å². The SMILES string of the molecule is O=C(O)CCN(CCc1cccnc1)C(=O)c1ccccc1-c1ccccc1C(=O)NCc1cccnc1. The van der Waals surface area contributed by atoms with E-state index in [0.29, 0.717) is 41.8 Å². The predicted octanol–water partition coefficient (Wildman–Crippen LogP) is 4.23. The Morgan fingerprint density at radius 2 is 1.34 bits per heavy atom. The quantitative estimate of drug-likeness (QED) is 0.314. The zero-order valence-corrected chi connectivity index (χ0v) is 20.8. The van der Waals surface area contributed by atoms with E-state index in [2.05, 4.69) is 15.3 Å². The number of rotatable bonds is 11. The van der Waals surface area contributed by atoms with Gasteiger partial charge in [0.1, 0.15) is 0 Å². The summed E-state index contributed by atoms with van der Waals surface area (Å²) in [6.07, 6.45) is 7.14. The molecule has 0 saturated heterocycles. The van der Waals surface area contributed by atoms with Crippen LogP contribution in [0.5, 0.6) is 0 Å². The van der Waals surface area contributed by atoms with Gasteiger partial charge in [0.2, 0.25) is 0 Å². The highest BCUT2D eigenvalue weighted by molar-refractivity contribution is 6.06. The van der Waals surface area contributed by atoms with E-state index in [0.717, 1.165) is 11.1 Å². The summed E-state index contributed by atoms with van der Waals surface area (Å²) in [5.41, 5.74) is 3.87. The number of benzene rings is 2. The highest BCUT2D eigenvalue weighted by Gasteiger charge is 2.22. The molecule has 2 aromatic heterocycles. The van der Waals surface area contributed by atoms with Crippen molar-refractivity contribution in [2.45, 2.75) is 19.4 Å². The number of carbonyl (C=O) groups excluding carboxylic acids is 2. The van der Waals surface area contributed by atoms with E-state index in [1.807, 2.05) is 42.5 Å². The van der Waals surface area contributed by atoms with Crippen LogP contribution in [0, 0.1) is 0 Å². The molecule has 8 nitrogen and oxygen atoms in total. The molecule has 2 aromatic carbocycles. The van der Waals surface area contributed by atoms with Gasteiger partial charge in [-0.05, 0) is 52.9 Å². The van der Waals surface area contributed by atoms with Crippen LogP contribution in [0.1, 0.15) is 38.3 Å². The average molecular weight is 509 g/mol. The molecule has 0 atom stereocenters. The lowest BCUT2D eigenvalue weighted by Gasteiger charge is -2.24. The summed E-state index contributed by atoms with van der Waals surface area (Å²) in [7, 11) is 0. The van der Waals surface area contributed by atoms with Crippen LogP contribution in [0.15, 0.2) is 97.6 Å². The highest BCUT2D eigenvalue weighted by atomic mass is 16.4. The summed E-state index contributed by atoms with van der Waals surface area (Å²) in [5, 5.41) is 12.2. The second kappa shape index (κ2) is 12.9. The van der Waals surface area contributed by atoms with E-state index in [4.69, 9.17) is 0 Å². The second-order valence-corrected chi connectivity index (χ2v) is 8.68. The Hall–Kier alpha value is -4.85. The van der Waals surface area contributed by atoms with Crippen molar-refractivity contribution < 1.29 is 19.5 Å². The first kappa shape index (κ1) is 26.2. The van der Waals surface area contributed by atoms with Gasteiger partial charge in [-0.2, -0.15) is 0 Å². The summed E-state index contributed by atoms with van der Waals surface area (Å²) in [6, 6.07) is 21.6. The summed E-state index contributed by atoms with van der Waals surface area (Å²) in [6.45, 7) is 0.717. The van der Waals surface area contributed by atoms with Crippen molar-refractivity contribution in [3.8, 4) is 11.1 Å². The molecule has 2 amide bonds. The fraction of sp³-hybridized carbons (Fsp3) is 0.167. The van der Waals surface area contributed by atoms with E-state index < -0.39 is 5.97 Å². The van der Waals surface area contributed by atoms with Gasteiger partial charge >= 0.3 is 5.97 Å². The van der Waals surface area contributed by atoms with Crippen LogP contribution < -0.4 is 5.32 Å². The Morgan fingerprint density at radius 1 is 0.737 bits per heavy atom. The third kappa shape index (κ3) is 6.88. The van der Waals surface area contributed by atoms with Crippen molar-refractivity contribution >= 4 is 17.8 Å². The molecule has 38 heavy (non-hydrogen) atoms. The van der Waals surface area contributed by atoms with Crippen LogP contribution in [-0.2, 0) is 17.8 Å². The molecule has 0 bridgehead atoms.